The minimum atomic E-state index is -0.0957. The zero-order valence-electron chi connectivity index (χ0n) is 4.72. The van der Waals surface area contributed by atoms with Crippen molar-refractivity contribution >= 4 is 11.6 Å². The van der Waals surface area contributed by atoms with E-state index in [-0.39, 0.29) is 6.10 Å². The number of nitriles is 1. The molecule has 0 aliphatic heterocycles. The van der Waals surface area contributed by atoms with Crippen LogP contribution in [0, 0.1) is 11.3 Å². The molecule has 8 heavy (non-hydrogen) atoms. The minimum absolute atomic E-state index is 0.0957. The van der Waals surface area contributed by atoms with Crippen LogP contribution in [0.4, 0.5) is 0 Å². The van der Waals surface area contributed by atoms with E-state index in [1.54, 1.807) is 7.11 Å². The highest BCUT2D eigenvalue weighted by Gasteiger charge is 2.01. The van der Waals surface area contributed by atoms with Crippen LogP contribution in [-0.2, 0) is 4.74 Å². The average Bonchev–Trinajstić information content (AvgIpc) is 1.83. The summed E-state index contributed by atoms with van der Waals surface area (Å²) in [7, 11) is 1.55. The third kappa shape index (κ3) is 2.84. The van der Waals surface area contributed by atoms with E-state index in [1.807, 2.05) is 6.07 Å². The summed E-state index contributed by atoms with van der Waals surface area (Å²) < 4.78 is 4.79. The van der Waals surface area contributed by atoms with Crippen LogP contribution in [0.15, 0.2) is 0 Å². The average molecular weight is 134 g/mol. The Labute approximate surface area is 54.0 Å². The SMILES string of the molecule is COC(CCl)CC#N. The molecule has 46 valence electrons. The number of rotatable bonds is 3. The fraction of sp³-hybridized carbons (Fsp3) is 0.800. The van der Waals surface area contributed by atoms with Gasteiger partial charge in [-0.15, -0.1) is 11.6 Å². The topological polar surface area (TPSA) is 33.0 Å². The molecule has 0 aliphatic rings. The van der Waals surface area contributed by atoms with Crippen molar-refractivity contribution in [2.75, 3.05) is 13.0 Å². The summed E-state index contributed by atoms with van der Waals surface area (Å²) in [6.45, 7) is 0. The third-order valence-corrected chi connectivity index (χ3v) is 1.17. The Balaban J connectivity index is 3.25. The van der Waals surface area contributed by atoms with E-state index in [9.17, 15) is 0 Å². The molecule has 0 aromatic rings. The Morgan fingerprint density at radius 3 is 2.62 bits per heavy atom. The second kappa shape index (κ2) is 4.89. The first-order chi connectivity index (χ1) is 3.85. The molecule has 0 saturated carbocycles. The first kappa shape index (κ1) is 7.74. The Morgan fingerprint density at radius 2 is 2.50 bits per heavy atom. The lowest BCUT2D eigenvalue weighted by molar-refractivity contribution is 0.125. The highest BCUT2D eigenvalue weighted by Crippen LogP contribution is 1.96. The van der Waals surface area contributed by atoms with Crippen LogP contribution in [0.3, 0.4) is 0 Å². The van der Waals surface area contributed by atoms with Crippen LogP contribution in [0.1, 0.15) is 6.42 Å². The smallest absolute Gasteiger partial charge is 0.0836 e. The van der Waals surface area contributed by atoms with Gasteiger partial charge in [0.25, 0.3) is 0 Å². The number of ether oxygens (including phenoxy) is 1. The molecule has 0 aromatic heterocycles. The van der Waals surface area contributed by atoms with Gasteiger partial charge in [-0.2, -0.15) is 5.26 Å². The lowest BCUT2D eigenvalue weighted by Gasteiger charge is -2.04. The van der Waals surface area contributed by atoms with Crippen molar-refractivity contribution in [1.29, 1.82) is 5.26 Å². The maximum atomic E-state index is 8.11. The van der Waals surface area contributed by atoms with Crippen molar-refractivity contribution in [3.8, 4) is 6.07 Å². The number of methoxy groups -OCH3 is 1. The maximum Gasteiger partial charge on any atom is 0.0836 e. The molecule has 0 radical (unpaired) electrons. The lowest BCUT2D eigenvalue weighted by atomic mass is 10.3. The lowest BCUT2D eigenvalue weighted by Crippen LogP contribution is -2.10. The van der Waals surface area contributed by atoms with Gasteiger partial charge in [0.15, 0.2) is 0 Å². The van der Waals surface area contributed by atoms with Crippen molar-refractivity contribution in [3.05, 3.63) is 0 Å². The Bertz CT molecular complexity index is 84.9. The summed E-state index contributed by atoms with van der Waals surface area (Å²) in [5.41, 5.74) is 0. The molecule has 3 heteroatoms. The van der Waals surface area contributed by atoms with Crippen molar-refractivity contribution in [3.63, 3.8) is 0 Å². The number of alkyl halides is 1. The van der Waals surface area contributed by atoms with E-state index in [2.05, 4.69) is 0 Å². The van der Waals surface area contributed by atoms with Crippen LogP contribution in [0.5, 0.6) is 0 Å². The molecule has 2 nitrogen and oxygen atoms in total. The molecule has 0 N–H and O–H groups in total. The van der Waals surface area contributed by atoms with E-state index >= 15 is 0 Å². The monoisotopic (exact) mass is 133 g/mol. The molecule has 0 spiro atoms. The third-order valence-electron chi connectivity index (χ3n) is 0.824. The Kier molecular flexibility index (Phi) is 4.73. The van der Waals surface area contributed by atoms with E-state index in [0.29, 0.717) is 12.3 Å². The first-order valence-corrected chi connectivity index (χ1v) is 2.84. The summed E-state index contributed by atoms with van der Waals surface area (Å²) in [6, 6.07) is 1.96. The van der Waals surface area contributed by atoms with Crippen molar-refractivity contribution < 1.29 is 4.74 Å². The molecule has 0 heterocycles. The first-order valence-electron chi connectivity index (χ1n) is 2.30. The number of hydrogen-bond donors (Lipinski definition) is 0. The fourth-order valence-electron chi connectivity index (χ4n) is 0.303. The molecule has 0 rings (SSSR count). The maximum absolute atomic E-state index is 8.11. The molecule has 1 atom stereocenters. The molecular weight excluding hydrogens is 126 g/mol. The van der Waals surface area contributed by atoms with Crippen molar-refractivity contribution in [1.82, 2.24) is 0 Å². The van der Waals surface area contributed by atoms with Gasteiger partial charge in [-0.1, -0.05) is 0 Å². The van der Waals surface area contributed by atoms with Crippen LogP contribution in [-0.4, -0.2) is 19.1 Å². The van der Waals surface area contributed by atoms with Gasteiger partial charge < -0.3 is 4.74 Å². The second-order valence-electron chi connectivity index (χ2n) is 1.37. The summed E-state index contributed by atoms with van der Waals surface area (Å²) >= 11 is 5.37. The number of nitrogens with zero attached hydrogens (tertiary/aromatic N) is 1. The van der Waals surface area contributed by atoms with Gasteiger partial charge in [-0.3, -0.25) is 0 Å². The van der Waals surface area contributed by atoms with Gasteiger partial charge in [-0.05, 0) is 0 Å². The molecular formula is C5H8ClNO. The summed E-state index contributed by atoms with van der Waals surface area (Å²) in [5, 5.41) is 8.11. The minimum Gasteiger partial charge on any atom is -0.379 e. The van der Waals surface area contributed by atoms with Gasteiger partial charge in [0.2, 0.25) is 0 Å². The van der Waals surface area contributed by atoms with Crippen LogP contribution in [0.2, 0.25) is 0 Å². The van der Waals surface area contributed by atoms with Gasteiger partial charge in [0.05, 0.1) is 18.6 Å². The van der Waals surface area contributed by atoms with Gasteiger partial charge in [0.1, 0.15) is 0 Å². The predicted molar refractivity (Wildman–Crippen MR) is 31.7 cm³/mol. The summed E-state index contributed by atoms with van der Waals surface area (Å²) in [4.78, 5) is 0. The highest BCUT2D eigenvalue weighted by molar-refractivity contribution is 6.18. The van der Waals surface area contributed by atoms with E-state index < -0.39 is 0 Å². The molecule has 0 aliphatic carbocycles. The fourth-order valence-corrected chi connectivity index (χ4v) is 0.538. The standard InChI is InChI=1S/C5H8ClNO/c1-8-5(4-6)2-3-7/h5H,2,4H2,1H3. The summed E-state index contributed by atoms with van der Waals surface area (Å²) in [5.74, 6) is 0.393. The normalized spacial score (nSPS) is 12.6. The molecule has 0 saturated heterocycles. The van der Waals surface area contributed by atoms with Crippen LogP contribution in [0.25, 0.3) is 0 Å². The van der Waals surface area contributed by atoms with Crippen LogP contribution < -0.4 is 0 Å². The molecule has 0 amide bonds. The van der Waals surface area contributed by atoms with Crippen molar-refractivity contribution in [2.45, 2.75) is 12.5 Å². The molecule has 0 fully saturated rings. The molecule has 1 unspecified atom stereocenters. The number of hydrogen-bond acceptors (Lipinski definition) is 2. The van der Waals surface area contributed by atoms with Gasteiger partial charge >= 0.3 is 0 Å². The Morgan fingerprint density at radius 1 is 1.88 bits per heavy atom. The Hall–Kier alpha value is -0.260. The van der Waals surface area contributed by atoms with Crippen LogP contribution >= 0.6 is 11.6 Å². The molecule has 0 bridgehead atoms. The zero-order valence-corrected chi connectivity index (χ0v) is 5.48. The van der Waals surface area contributed by atoms with E-state index in [1.165, 1.54) is 0 Å². The van der Waals surface area contributed by atoms with Gasteiger partial charge in [-0.25, -0.2) is 0 Å². The highest BCUT2D eigenvalue weighted by atomic mass is 35.5. The van der Waals surface area contributed by atoms with Gasteiger partial charge in [0, 0.05) is 13.0 Å². The largest absolute Gasteiger partial charge is 0.379 e. The number of halogens is 1. The van der Waals surface area contributed by atoms with Crippen molar-refractivity contribution in [2.24, 2.45) is 0 Å². The van der Waals surface area contributed by atoms with E-state index in [0.717, 1.165) is 0 Å². The zero-order chi connectivity index (χ0) is 6.41. The molecule has 0 aromatic carbocycles. The van der Waals surface area contributed by atoms with E-state index in [4.69, 9.17) is 21.6 Å². The summed E-state index contributed by atoms with van der Waals surface area (Å²) in [6.07, 6.45) is 0.279. The second-order valence-corrected chi connectivity index (χ2v) is 1.68. The quantitative estimate of drug-likeness (QED) is 0.542. The predicted octanol–water partition coefficient (Wildman–Crippen LogP) is 1.15.